The second-order valence-electron chi connectivity index (χ2n) is 5.70. The number of nitrogens with two attached hydrogens (primary N) is 1. The van der Waals surface area contributed by atoms with E-state index in [2.05, 4.69) is 4.72 Å². The van der Waals surface area contributed by atoms with E-state index in [1.165, 1.54) is 30.7 Å². The van der Waals surface area contributed by atoms with Gasteiger partial charge in [0.2, 0.25) is 10.0 Å². The van der Waals surface area contributed by atoms with Gasteiger partial charge < -0.3 is 9.47 Å². The van der Waals surface area contributed by atoms with Crippen molar-refractivity contribution in [3.05, 3.63) is 18.2 Å². The maximum Gasteiger partial charge on any atom is 0.274 e. The molecular formula is C14H24N4O6S2. The van der Waals surface area contributed by atoms with E-state index in [-0.39, 0.29) is 11.4 Å². The van der Waals surface area contributed by atoms with E-state index >= 15 is 0 Å². The van der Waals surface area contributed by atoms with Gasteiger partial charge in [-0.2, -0.15) is 12.7 Å². The first-order valence-corrected chi connectivity index (χ1v) is 10.9. The molecule has 148 valence electrons. The Hall–Kier alpha value is -1.44. The van der Waals surface area contributed by atoms with Crippen LogP contribution in [-0.2, 0) is 20.2 Å². The minimum absolute atomic E-state index is 0.138. The zero-order valence-electron chi connectivity index (χ0n) is 14.7. The van der Waals surface area contributed by atoms with Crippen LogP contribution in [0.25, 0.3) is 0 Å². The Kier molecular flexibility index (Phi) is 6.82. The number of rotatable bonds is 8. The number of nitrogens with zero attached hydrogens (tertiary/aromatic N) is 2. The van der Waals surface area contributed by atoms with E-state index in [0.29, 0.717) is 44.2 Å². The van der Waals surface area contributed by atoms with Crippen molar-refractivity contribution in [2.75, 3.05) is 53.5 Å². The number of hydrogen-bond acceptors (Lipinski definition) is 7. The van der Waals surface area contributed by atoms with Gasteiger partial charge in [-0.1, -0.05) is 0 Å². The third kappa shape index (κ3) is 5.28. The van der Waals surface area contributed by atoms with Crippen LogP contribution >= 0.6 is 0 Å². The molecule has 0 spiro atoms. The Labute approximate surface area is 154 Å². The topological polar surface area (TPSA) is 131 Å². The molecule has 1 aromatic rings. The van der Waals surface area contributed by atoms with Crippen LogP contribution in [0.3, 0.4) is 0 Å². The number of sulfonamides is 1. The van der Waals surface area contributed by atoms with Crippen molar-refractivity contribution >= 4 is 20.2 Å². The average Bonchev–Trinajstić information content (AvgIpc) is 2.60. The SMILES string of the molecule is COc1ccc(S(=O)(=O)N2CCN(CCNS(N)(=O)=O)CC2)cc1OC. The van der Waals surface area contributed by atoms with Crippen LogP contribution in [0, 0.1) is 0 Å². The standard InChI is InChI=1S/C14H24N4O6S2/c1-23-13-4-3-12(11-14(13)24-2)25(19,20)18-9-7-17(8-10-18)6-5-16-26(15,21)22/h3-4,11,16H,5-10H2,1-2H3,(H2,15,21,22). The third-order valence-corrected chi connectivity index (χ3v) is 6.56. The Morgan fingerprint density at radius 1 is 1.04 bits per heavy atom. The smallest absolute Gasteiger partial charge is 0.274 e. The molecule has 1 saturated heterocycles. The highest BCUT2D eigenvalue weighted by Crippen LogP contribution is 2.30. The third-order valence-electron chi connectivity index (χ3n) is 4.06. The van der Waals surface area contributed by atoms with Crippen LogP contribution in [0.4, 0.5) is 0 Å². The highest BCUT2D eigenvalue weighted by Gasteiger charge is 2.29. The number of ether oxygens (including phenoxy) is 2. The molecule has 0 aromatic heterocycles. The first-order valence-electron chi connectivity index (χ1n) is 7.89. The fourth-order valence-electron chi connectivity index (χ4n) is 2.67. The summed E-state index contributed by atoms with van der Waals surface area (Å²) in [5.74, 6) is 0.805. The van der Waals surface area contributed by atoms with Crippen LogP contribution in [0.2, 0.25) is 0 Å². The van der Waals surface area contributed by atoms with Gasteiger partial charge in [0, 0.05) is 45.3 Å². The average molecular weight is 409 g/mol. The Morgan fingerprint density at radius 2 is 1.65 bits per heavy atom. The minimum atomic E-state index is -3.71. The largest absolute Gasteiger partial charge is 0.493 e. The van der Waals surface area contributed by atoms with Gasteiger partial charge in [-0.3, -0.25) is 4.90 Å². The van der Waals surface area contributed by atoms with E-state index in [1.807, 2.05) is 4.90 Å². The van der Waals surface area contributed by atoms with E-state index in [1.54, 1.807) is 6.07 Å². The molecule has 0 amide bonds. The predicted molar refractivity (Wildman–Crippen MR) is 95.9 cm³/mol. The summed E-state index contributed by atoms with van der Waals surface area (Å²) in [4.78, 5) is 2.11. The molecule has 1 aromatic carbocycles. The quantitative estimate of drug-likeness (QED) is 0.552. The highest BCUT2D eigenvalue weighted by molar-refractivity contribution is 7.89. The second-order valence-corrected chi connectivity index (χ2v) is 9.02. The molecule has 0 unspecified atom stereocenters. The lowest BCUT2D eigenvalue weighted by molar-refractivity contribution is 0.191. The summed E-state index contributed by atoms with van der Waals surface area (Å²) < 4.78 is 61.2. The lowest BCUT2D eigenvalue weighted by atomic mass is 10.3. The summed E-state index contributed by atoms with van der Waals surface area (Å²) in [6.45, 7) is 2.26. The molecule has 0 aliphatic carbocycles. The fourth-order valence-corrected chi connectivity index (χ4v) is 4.48. The summed E-state index contributed by atoms with van der Waals surface area (Å²) in [6, 6.07) is 4.48. The zero-order valence-corrected chi connectivity index (χ0v) is 16.3. The van der Waals surface area contributed by atoms with Gasteiger partial charge >= 0.3 is 0 Å². The first-order chi connectivity index (χ1) is 12.2. The van der Waals surface area contributed by atoms with Gasteiger partial charge in [0.25, 0.3) is 10.2 Å². The lowest BCUT2D eigenvalue weighted by Gasteiger charge is -2.33. The number of methoxy groups -OCH3 is 2. The normalized spacial score (nSPS) is 17.2. The van der Waals surface area contributed by atoms with Crippen molar-refractivity contribution in [2.45, 2.75) is 4.90 Å². The molecule has 0 saturated carbocycles. The number of piperazine rings is 1. The van der Waals surface area contributed by atoms with Crippen LogP contribution in [0.5, 0.6) is 11.5 Å². The second kappa shape index (κ2) is 8.50. The van der Waals surface area contributed by atoms with Gasteiger partial charge in [-0.05, 0) is 12.1 Å². The van der Waals surface area contributed by atoms with Crippen molar-refractivity contribution < 1.29 is 26.3 Å². The van der Waals surface area contributed by atoms with Crippen molar-refractivity contribution in [1.29, 1.82) is 0 Å². The summed E-state index contributed by atoms with van der Waals surface area (Å²) in [5.41, 5.74) is 0. The van der Waals surface area contributed by atoms with Crippen LogP contribution in [0.1, 0.15) is 0 Å². The number of hydrogen-bond donors (Lipinski definition) is 2. The monoisotopic (exact) mass is 408 g/mol. The van der Waals surface area contributed by atoms with Crippen molar-refractivity contribution in [3.8, 4) is 11.5 Å². The molecule has 2 rings (SSSR count). The lowest BCUT2D eigenvalue weighted by Crippen LogP contribution is -2.50. The molecule has 1 aliphatic heterocycles. The molecule has 0 bridgehead atoms. The van der Waals surface area contributed by atoms with Crippen LogP contribution in [-0.4, -0.2) is 79.5 Å². The van der Waals surface area contributed by atoms with Crippen LogP contribution in [0.15, 0.2) is 23.1 Å². The maximum atomic E-state index is 12.8. The minimum Gasteiger partial charge on any atom is -0.493 e. The van der Waals surface area contributed by atoms with Gasteiger partial charge in [0.1, 0.15) is 0 Å². The summed E-state index contributed by atoms with van der Waals surface area (Å²) >= 11 is 0. The predicted octanol–water partition coefficient (Wildman–Crippen LogP) is -1.20. The summed E-state index contributed by atoms with van der Waals surface area (Å²) in [5, 5.41) is 4.87. The van der Waals surface area contributed by atoms with Gasteiger partial charge in [-0.25, -0.2) is 18.3 Å². The van der Waals surface area contributed by atoms with Crippen molar-refractivity contribution in [1.82, 2.24) is 13.9 Å². The molecular weight excluding hydrogens is 384 g/mol. The molecule has 0 atom stereocenters. The van der Waals surface area contributed by atoms with E-state index in [0.717, 1.165) is 0 Å². The molecule has 10 nitrogen and oxygen atoms in total. The number of nitrogens with one attached hydrogen (secondary N) is 1. The molecule has 0 radical (unpaired) electrons. The molecule has 1 aliphatic rings. The molecule has 3 N–H and O–H groups in total. The van der Waals surface area contributed by atoms with E-state index in [9.17, 15) is 16.8 Å². The fraction of sp³-hybridized carbons (Fsp3) is 0.571. The van der Waals surface area contributed by atoms with Gasteiger partial charge in [0.15, 0.2) is 11.5 Å². The van der Waals surface area contributed by atoms with E-state index in [4.69, 9.17) is 14.6 Å². The number of benzene rings is 1. The Bertz CT molecular complexity index is 820. The van der Waals surface area contributed by atoms with Gasteiger partial charge in [-0.15, -0.1) is 0 Å². The Balaban J connectivity index is 1.99. The van der Waals surface area contributed by atoms with Crippen molar-refractivity contribution in [3.63, 3.8) is 0 Å². The van der Waals surface area contributed by atoms with Crippen molar-refractivity contribution in [2.24, 2.45) is 5.14 Å². The summed E-state index contributed by atoms with van der Waals surface area (Å²) in [6.07, 6.45) is 0. The first kappa shape index (κ1) is 20.9. The molecule has 12 heteroatoms. The highest BCUT2D eigenvalue weighted by atomic mass is 32.2. The molecule has 26 heavy (non-hydrogen) atoms. The van der Waals surface area contributed by atoms with Crippen LogP contribution < -0.4 is 19.3 Å². The van der Waals surface area contributed by atoms with Gasteiger partial charge in [0.05, 0.1) is 19.1 Å². The molecule has 1 fully saturated rings. The summed E-state index contributed by atoms with van der Waals surface area (Å²) in [7, 11) is -4.43. The zero-order chi connectivity index (χ0) is 19.4. The van der Waals surface area contributed by atoms with E-state index < -0.39 is 20.2 Å². The maximum absolute atomic E-state index is 12.8. The molecule has 1 heterocycles. The Morgan fingerprint density at radius 3 is 2.19 bits per heavy atom.